The topological polar surface area (TPSA) is 68.3 Å². The normalized spacial score (nSPS) is 40.0. The fraction of sp³-hybridized carbons (Fsp3) is 0.778. The van der Waals surface area contributed by atoms with Crippen molar-refractivity contribution >= 4 is 12.0 Å². The maximum absolute atomic E-state index is 12.9. The number of hydrogen-bond donors (Lipinski definition) is 0. The Labute approximate surface area is 148 Å². The summed E-state index contributed by atoms with van der Waals surface area (Å²) in [6.45, 7) is 10.8. The lowest BCUT2D eigenvalue weighted by Crippen LogP contribution is -2.60. The zero-order chi connectivity index (χ0) is 18.4. The van der Waals surface area contributed by atoms with Crippen molar-refractivity contribution in [3.8, 4) is 0 Å². The summed E-state index contributed by atoms with van der Waals surface area (Å²) >= 11 is 0. The van der Waals surface area contributed by atoms with E-state index in [4.69, 9.17) is 14.2 Å². The number of fused-ring (bicyclic) bond motifs is 3. The largest absolute Gasteiger partial charge is 0.445 e. The maximum atomic E-state index is 12.9. The molecular weight excluding hydrogens is 324 g/mol. The summed E-state index contributed by atoms with van der Waals surface area (Å²) < 4.78 is 17.4. The lowest BCUT2D eigenvalue weighted by atomic mass is 9.77. The van der Waals surface area contributed by atoms with E-state index in [0.29, 0.717) is 13.2 Å². The van der Waals surface area contributed by atoms with Crippen molar-refractivity contribution in [2.75, 3.05) is 26.8 Å². The number of piperidine rings is 1. The smallest absolute Gasteiger partial charge is 0.410 e. The molecule has 0 aliphatic carbocycles. The molecule has 25 heavy (non-hydrogen) atoms. The summed E-state index contributed by atoms with van der Waals surface area (Å²) in [7, 11) is 1.73. The van der Waals surface area contributed by atoms with Gasteiger partial charge in [-0.15, -0.1) is 0 Å². The fourth-order valence-corrected chi connectivity index (χ4v) is 4.78. The monoisotopic (exact) mass is 352 g/mol. The third-order valence-corrected chi connectivity index (χ3v) is 5.52. The zero-order valence-corrected chi connectivity index (χ0v) is 15.4. The number of amides is 2. The summed E-state index contributed by atoms with van der Waals surface area (Å²) in [4.78, 5) is 28.8. The lowest BCUT2D eigenvalue weighted by molar-refractivity contribution is -0.160. The second kappa shape index (κ2) is 6.61. The molecule has 3 saturated heterocycles. The van der Waals surface area contributed by atoms with E-state index in [1.165, 1.54) is 6.08 Å². The van der Waals surface area contributed by atoms with E-state index in [0.717, 1.165) is 6.42 Å². The van der Waals surface area contributed by atoms with Crippen LogP contribution in [-0.2, 0) is 19.0 Å². The molecule has 3 heterocycles. The van der Waals surface area contributed by atoms with Crippen LogP contribution in [0.25, 0.3) is 0 Å². The van der Waals surface area contributed by atoms with Crippen molar-refractivity contribution in [1.82, 2.24) is 9.80 Å². The second-order valence-electron chi connectivity index (χ2n) is 7.49. The van der Waals surface area contributed by atoms with Crippen LogP contribution >= 0.6 is 0 Å². The minimum atomic E-state index is -0.577. The first-order chi connectivity index (χ1) is 11.8. The Bertz CT molecular complexity index is 568. The highest BCUT2D eigenvalue weighted by atomic mass is 16.6. The number of likely N-dealkylation sites (N-methyl/N-ethyl adjacent to an activating group) is 1. The van der Waals surface area contributed by atoms with Gasteiger partial charge in [0.25, 0.3) is 0 Å². The molecule has 3 aliphatic rings. The molecule has 0 aromatic rings. The van der Waals surface area contributed by atoms with Gasteiger partial charge in [0, 0.05) is 20.2 Å². The van der Waals surface area contributed by atoms with Crippen molar-refractivity contribution in [3.63, 3.8) is 0 Å². The summed E-state index contributed by atoms with van der Waals surface area (Å²) in [5.41, 5.74) is -0.577. The standard InChI is InChI=1S/C18H28N2O5/c1-6-8-24-17(22)20-10-11(3)9-18(4)14(20)12-13(25-18)16(23-7-2)19(5)15(12)21/h6,11-14,16H,1,7-10H2,2-5H3/t11-,12?,13?,14?,16?,18?/m1/s1. The van der Waals surface area contributed by atoms with E-state index < -0.39 is 23.8 Å². The van der Waals surface area contributed by atoms with Gasteiger partial charge in [0.1, 0.15) is 12.7 Å². The van der Waals surface area contributed by atoms with E-state index in [1.807, 2.05) is 13.8 Å². The van der Waals surface area contributed by atoms with Gasteiger partial charge in [0.15, 0.2) is 6.23 Å². The Kier molecular flexibility index (Phi) is 4.81. The SMILES string of the molecule is C=CCOC(=O)N1C[C@H](C)CC2(C)OC3C(C(=O)N(C)C3OCC)C12. The van der Waals surface area contributed by atoms with Gasteiger partial charge in [-0.2, -0.15) is 0 Å². The highest BCUT2D eigenvalue weighted by Gasteiger charge is 2.66. The summed E-state index contributed by atoms with van der Waals surface area (Å²) in [5, 5.41) is 0. The predicted octanol–water partition coefficient (Wildman–Crippen LogP) is 1.63. The summed E-state index contributed by atoms with van der Waals surface area (Å²) in [6, 6.07) is -0.341. The molecule has 0 saturated carbocycles. The Hall–Kier alpha value is -1.60. The van der Waals surface area contributed by atoms with Crippen LogP contribution in [0.1, 0.15) is 27.2 Å². The number of hydrogen-bond acceptors (Lipinski definition) is 5. The van der Waals surface area contributed by atoms with Crippen molar-refractivity contribution in [1.29, 1.82) is 0 Å². The van der Waals surface area contributed by atoms with E-state index in [9.17, 15) is 9.59 Å². The average molecular weight is 352 g/mol. The highest BCUT2D eigenvalue weighted by Crippen LogP contribution is 2.50. The molecule has 6 atom stereocenters. The minimum absolute atomic E-state index is 0.0340. The summed E-state index contributed by atoms with van der Waals surface area (Å²) in [6.07, 6.45) is 1.14. The van der Waals surface area contributed by atoms with Gasteiger partial charge >= 0.3 is 6.09 Å². The van der Waals surface area contributed by atoms with Crippen molar-refractivity contribution in [3.05, 3.63) is 12.7 Å². The van der Waals surface area contributed by atoms with Crippen LogP contribution in [-0.4, -0.2) is 72.6 Å². The Balaban J connectivity index is 1.93. The predicted molar refractivity (Wildman–Crippen MR) is 90.8 cm³/mol. The third-order valence-electron chi connectivity index (χ3n) is 5.52. The first kappa shape index (κ1) is 18.2. The molecule has 0 radical (unpaired) electrons. The first-order valence-corrected chi connectivity index (χ1v) is 8.94. The van der Waals surface area contributed by atoms with Gasteiger partial charge in [-0.3, -0.25) is 4.79 Å². The molecule has 7 heteroatoms. The number of rotatable bonds is 4. The van der Waals surface area contributed by atoms with E-state index in [2.05, 4.69) is 13.5 Å². The molecule has 0 aromatic heterocycles. The minimum Gasteiger partial charge on any atom is -0.445 e. The lowest BCUT2D eigenvalue weighted by Gasteiger charge is -2.46. The van der Waals surface area contributed by atoms with Crippen LogP contribution in [0.3, 0.4) is 0 Å². The molecule has 0 aromatic carbocycles. The molecule has 3 rings (SSSR count). The Morgan fingerprint density at radius 2 is 2.24 bits per heavy atom. The second-order valence-corrected chi connectivity index (χ2v) is 7.49. The van der Waals surface area contributed by atoms with Gasteiger partial charge in [-0.05, 0) is 26.2 Å². The molecule has 5 unspecified atom stereocenters. The molecule has 0 N–H and O–H groups in total. The van der Waals surface area contributed by atoms with Crippen LogP contribution in [0.5, 0.6) is 0 Å². The van der Waals surface area contributed by atoms with Crippen LogP contribution < -0.4 is 0 Å². The van der Waals surface area contributed by atoms with Crippen LogP contribution in [0.4, 0.5) is 4.79 Å². The molecular formula is C18H28N2O5. The van der Waals surface area contributed by atoms with Crippen molar-refractivity contribution in [2.45, 2.75) is 51.2 Å². The molecule has 7 nitrogen and oxygen atoms in total. The maximum Gasteiger partial charge on any atom is 0.410 e. The summed E-state index contributed by atoms with van der Waals surface area (Å²) in [5.74, 6) is -0.196. The van der Waals surface area contributed by atoms with Gasteiger partial charge in [0.2, 0.25) is 5.91 Å². The van der Waals surface area contributed by atoms with E-state index in [1.54, 1.807) is 16.8 Å². The fourth-order valence-electron chi connectivity index (χ4n) is 4.78. The Morgan fingerprint density at radius 1 is 1.52 bits per heavy atom. The molecule has 0 bridgehead atoms. The average Bonchev–Trinajstić information content (AvgIpc) is 2.97. The number of carbonyl (C=O) groups excluding carboxylic acids is 2. The van der Waals surface area contributed by atoms with Crippen LogP contribution in [0.2, 0.25) is 0 Å². The van der Waals surface area contributed by atoms with Gasteiger partial charge in [0.05, 0.1) is 17.6 Å². The molecule has 3 aliphatic heterocycles. The van der Waals surface area contributed by atoms with Crippen LogP contribution in [0, 0.1) is 11.8 Å². The zero-order valence-electron chi connectivity index (χ0n) is 15.4. The van der Waals surface area contributed by atoms with E-state index >= 15 is 0 Å². The highest BCUT2D eigenvalue weighted by molar-refractivity contribution is 5.84. The number of carbonyl (C=O) groups is 2. The van der Waals surface area contributed by atoms with Crippen molar-refractivity contribution in [2.24, 2.45) is 11.8 Å². The van der Waals surface area contributed by atoms with Crippen molar-refractivity contribution < 1.29 is 23.8 Å². The molecule has 140 valence electrons. The molecule has 3 fully saturated rings. The number of ether oxygens (including phenoxy) is 3. The van der Waals surface area contributed by atoms with Gasteiger partial charge < -0.3 is 24.0 Å². The van der Waals surface area contributed by atoms with E-state index in [-0.39, 0.29) is 30.6 Å². The van der Waals surface area contributed by atoms with Gasteiger partial charge in [-0.25, -0.2) is 4.79 Å². The van der Waals surface area contributed by atoms with Gasteiger partial charge in [-0.1, -0.05) is 19.6 Å². The number of nitrogens with zero attached hydrogens (tertiary/aromatic N) is 2. The third kappa shape index (κ3) is 2.83. The van der Waals surface area contributed by atoms with Crippen LogP contribution in [0.15, 0.2) is 12.7 Å². The molecule has 2 amide bonds. The quantitative estimate of drug-likeness (QED) is 0.720. The number of likely N-dealkylation sites (tertiary alicyclic amines) is 2. The molecule has 0 spiro atoms. The Morgan fingerprint density at radius 3 is 2.88 bits per heavy atom. The first-order valence-electron chi connectivity index (χ1n) is 8.94.